The van der Waals surface area contributed by atoms with Gasteiger partial charge in [0.25, 0.3) is 0 Å². The Morgan fingerprint density at radius 2 is 2.06 bits per heavy atom. The van der Waals surface area contributed by atoms with E-state index in [-0.39, 0.29) is 17.9 Å². The molecular weight excluding hydrogens is 234 g/mol. The molecule has 0 spiro atoms. The molecule has 2 heterocycles. The van der Waals surface area contributed by atoms with Crippen molar-refractivity contribution < 1.29 is 14.7 Å². The summed E-state index contributed by atoms with van der Waals surface area (Å²) in [4.78, 5) is 25.3. The van der Waals surface area contributed by atoms with Crippen LogP contribution < -0.4 is 10.6 Å². The van der Waals surface area contributed by atoms with Crippen molar-refractivity contribution in [3.05, 3.63) is 0 Å². The quantitative estimate of drug-likeness (QED) is 0.592. The van der Waals surface area contributed by atoms with Crippen molar-refractivity contribution in [2.75, 3.05) is 26.2 Å². The maximum Gasteiger partial charge on any atom is 0.237 e. The van der Waals surface area contributed by atoms with Gasteiger partial charge in [0.15, 0.2) is 0 Å². The summed E-state index contributed by atoms with van der Waals surface area (Å²) in [5, 5.41) is 15.0. The molecule has 0 aliphatic carbocycles. The second-order valence-corrected chi connectivity index (χ2v) is 4.98. The van der Waals surface area contributed by atoms with Crippen LogP contribution in [0, 0.1) is 0 Å². The Morgan fingerprint density at radius 1 is 1.33 bits per heavy atom. The van der Waals surface area contributed by atoms with E-state index in [2.05, 4.69) is 10.6 Å². The minimum absolute atomic E-state index is 0.118. The minimum Gasteiger partial charge on any atom is -0.392 e. The molecule has 2 unspecified atom stereocenters. The van der Waals surface area contributed by atoms with Crippen LogP contribution in [0.1, 0.15) is 25.7 Å². The molecule has 0 radical (unpaired) electrons. The number of rotatable bonds is 4. The van der Waals surface area contributed by atoms with Crippen LogP contribution in [0.25, 0.3) is 0 Å². The van der Waals surface area contributed by atoms with Crippen molar-refractivity contribution in [2.24, 2.45) is 0 Å². The van der Waals surface area contributed by atoms with Crippen molar-refractivity contribution >= 4 is 11.8 Å². The van der Waals surface area contributed by atoms with Gasteiger partial charge in [0.1, 0.15) is 0 Å². The lowest BCUT2D eigenvalue weighted by molar-refractivity contribution is -0.130. The lowest BCUT2D eigenvalue weighted by Crippen LogP contribution is -2.41. The van der Waals surface area contributed by atoms with E-state index in [0.717, 1.165) is 25.9 Å². The number of carbonyl (C=O) groups excluding carboxylic acids is 2. The van der Waals surface area contributed by atoms with E-state index in [1.807, 2.05) is 4.90 Å². The first-order valence-corrected chi connectivity index (χ1v) is 6.64. The highest BCUT2D eigenvalue weighted by Gasteiger charge is 2.27. The second kappa shape index (κ2) is 6.15. The third-order valence-electron chi connectivity index (χ3n) is 3.52. The first kappa shape index (κ1) is 13.3. The van der Waals surface area contributed by atoms with E-state index in [0.29, 0.717) is 25.9 Å². The number of aliphatic hydroxyl groups excluding tert-OH is 1. The van der Waals surface area contributed by atoms with Gasteiger partial charge in [-0.25, -0.2) is 0 Å². The van der Waals surface area contributed by atoms with Gasteiger partial charge < -0.3 is 20.6 Å². The molecule has 6 heteroatoms. The van der Waals surface area contributed by atoms with E-state index >= 15 is 0 Å². The third-order valence-corrected chi connectivity index (χ3v) is 3.52. The first-order chi connectivity index (χ1) is 8.66. The van der Waals surface area contributed by atoms with Crippen LogP contribution in [0.3, 0.4) is 0 Å². The predicted molar refractivity (Wildman–Crippen MR) is 65.9 cm³/mol. The smallest absolute Gasteiger partial charge is 0.237 e. The van der Waals surface area contributed by atoms with Gasteiger partial charge in [0, 0.05) is 32.6 Å². The number of hydrogen-bond acceptors (Lipinski definition) is 4. The molecule has 18 heavy (non-hydrogen) atoms. The Kier molecular flexibility index (Phi) is 4.54. The van der Waals surface area contributed by atoms with Crippen molar-refractivity contribution in [1.82, 2.24) is 15.5 Å². The van der Waals surface area contributed by atoms with Gasteiger partial charge >= 0.3 is 0 Å². The summed E-state index contributed by atoms with van der Waals surface area (Å²) in [6, 6.07) is -0.318. The first-order valence-electron chi connectivity index (χ1n) is 6.64. The molecule has 0 aromatic heterocycles. The minimum atomic E-state index is -0.438. The normalized spacial score (nSPS) is 27.5. The lowest BCUT2D eigenvalue weighted by atomic mass is 10.2. The Hall–Kier alpha value is -1.14. The fraction of sp³-hybridized carbons (Fsp3) is 0.833. The zero-order valence-corrected chi connectivity index (χ0v) is 10.5. The van der Waals surface area contributed by atoms with Crippen LogP contribution in [0.4, 0.5) is 0 Å². The van der Waals surface area contributed by atoms with Gasteiger partial charge in [0.2, 0.25) is 11.8 Å². The van der Waals surface area contributed by atoms with E-state index in [1.165, 1.54) is 0 Å². The molecular formula is C12H21N3O3. The molecule has 2 atom stereocenters. The van der Waals surface area contributed by atoms with Crippen molar-refractivity contribution in [2.45, 2.75) is 37.8 Å². The maximum absolute atomic E-state index is 11.7. The Balaban J connectivity index is 1.62. The van der Waals surface area contributed by atoms with Crippen LogP contribution >= 0.6 is 0 Å². The molecule has 3 N–H and O–H groups in total. The van der Waals surface area contributed by atoms with E-state index in [9.17, 15) is 14.7 Å². The molecule has 0 aromatic carbocycles. The Labute approximate surface area is 107 Å². The molecule has 2 aliphatic heterocycles. The second-order valence-electron chi connectivity index (χ2n) is 4.98. The van der Waals surface area contributed by atoms with E-state index < -0.39 is 6.10 Å². The number of aliphatic hydroxyl groups is 1. The monoisotopic (exact) mass is 255 g/mol. The van der Waals surface area contributed by atoms with Crippen molar-refractivity contribution in [3.63, 3.8) is 0 Å². The molecule has 102 valence electrons. The molecule has 0 aromatic rings. The number of nitrogens with one attached hydrogen (secondary N) is 2. The molecule has 2 rings (SSSR count). The summed E-state index contributed by atoms with van der Waals surface area (Å²) in [5.74, 6) is -0.00649. The number of nitrogens with zero attached hydrogens (tertiary/aromatic N) is 1. The third kappa shape index (κ3) is 3.43. The summed E-state index contributed by atoms with van der Waals surface area (Å²) in [6.45, 7) is 2.54. The zero-order chi connectivity index (χ0) is 13.0. The molecule has 2 fully saturated rings. The number of hydrogen-bond donors (Lipinski definition) is 3. The van der Waals surface area contributed by atoms with Gasteiger partial charge in [-0.2, -0.15) is 0 Å². The van der Waals surface area contributed by atoms with Crippen LogP contribution in [0.5, 0.6) is 0 Å². The Morgan fingerprint density at radius 3 is 2.67 bits per heavy atom. The summed E-state index contributed by atoms with van der Waals surface area (Å²) < 4.78 is 0. The van der Waals surface area contributed by atoms with Gasteiger partial charge in [-0.05, 0) is 19.3 Å². The number of β-amino-alcohol motifs (C(OH)–C–C–N with tert-alkyl or cyclic N) is 1. The summed E-state index contributed by atoms with van der Waals surface area (Å²) in [7, 11) is 0. The topological polar surface area (TPSA) is 81.7 Å². The number of carbonyl (C=O) groups is 2. The standard InChI is InChI=1S/C12H21N3O3/c16-9-7-10(14-8-9)12(18)13-4-3-11(17)15-5-1-2-6-15/h9-10,14,16H,1-8H2,(H,13,18). The fourth-order valence-electron chi connectivity index (χ4n) is 2.46. The van der Waals surface area contributed by atoms with Gasteiger partial charge in [0.05, 0.1) is 12.1 Å². The average Bonchev–Trinajstić information content (AvgIpc) is 2.99. The predicted octanol–water partition coefficient (Wildman–Crippen LogP) is -1.16. The molecule has 0 saturated carbocycles. The number of likely N-dealkylation sites (tertiary alicyclic amines) is 1. The van der Waals surface area contributed by atoms with Crippen LogP contribution in [0.2, 0.25) is 0 Å². The highest BCUT2D eigenvalue weighted by molar-refractivity contribution is 5.83. The van der Waals surface area contributed by atoms with Gasteiger partial charge in [-0.1, -0.05) is 0 Å². The average molecular weight is 255 g/mol. The van der Waals surface area contributed by atoms with E-state index in [4.69, 9.17) is 0 Å². The highest BCUT2D eigenvalue weighted by Crippen LogP contribution is 2.09. The van der Waals surface area contributed by atoms with E-state index in [1.54, 1.807) is 0 Å². The van der Waals surface area contributed by atoms with Crippen LogP contribution in [-0.4, -0.2) is 60.1 Å². The fourth-order valence-corrected chi connectivity index (χ4v) is 2.46. The summed E-state index contributed by atoms with van der Waals surface area (Å²) in [6.07, 6.45) is 2.55. The van der Waals surface area contributed by atoms with Crippen LogP contribution in [-0.2, 0) is 9.59 Å². The molecule has 6 nitrogen and oxygen atoms in total. The molecule has 0 bridgehead atoms. The zero-order valence-electron chi connectivity index (χ0n) is 10.5. The maximum atomic E-state index is 11.7. The Bertz CT molecular complexity index is 316. The summed E-state index contributed by atoms with van der Waals surface area (Å²) in [5.41, 5.74) is 0. The summed E-state index contributed by atoms with van der Waals surface area (Å²) >= 11 is 0. The van der Waals surface area contributed by atoms with Crippen LogP contribution in [0.15, 0.2) is 0 Å². The molecule has 2 saturated heterocycles. The van der Waals surface area contributed by atoms with Crippen molar-refractivity contribution in [3.8, 4) is 0 Å². The molecule has 2 amide bonds. The van der Waals surface area contributed by atoms with Gasteiger partial charge in [-0.15, -0.1) is 0 Å². The molecule has 2 aliphatic rings. The SMILES string of the molecule is O=C(NCCC(=O)N1CCCC1)C1CC(O)CN1. The number of amides is 2. The van der Waals surface area contributed by atoms with Crippen molar-refractivity contribution in [1.29, 1.82) is 0 Å². The lowest BCUT2D eigenvalue weighted by Gasteiger charge is -2.16. The largest absolute Gasteiger partial charge is 0.392 e. The van der Waals surface area contributed by atoms with Gasteiger partial charge in [-0.3, -0.25) is 9.59 Å². The highest BCUT2D eigenvalue weighted by atomic mass is 16.3.